The molecule has 34 heavy (non-hydrogen) atoms. The highest BCUT2D eigenvalue weighted by Gasteiger charge is 2.26. The zero-order valence-electron chi connectivity index (χ0n) is 20.2. The summed E-state index contributed by atoms with van der Waals surface area (Å²) in [5.41, 5.74) is 2.49. The van der Waals surface area contributed by atoms with Crippen molar-refractivity contribution in [3.63, 3.8) is 0 Å². The van der Waals surface area contributed by atoms with Gasteiger partial charge in [-0.05, 0) is 44.4 Å². The van der Waals surface area contributed by atoms with Crippen molar-refractivity contribution in [3.05, 3.63) is 51.7 Å². The fraction of sp³-hybridized carbons (Fsp3) is 0.520. The van der Waals surface area contributed by atoms with E-state index in [1.165, 1.54) is 12.6 Å². The van der Waals surface area contributed by atoms with Crippen LogP contribution in [0.5, 0.6) is 0 Å². The molecule has 2 aromatic rings. The first-order chi connectivity index (χ1) is 16.4. The molecule has 1 atom stereocenters. The van der Waals surface area contributed by atoms with E-state index in [0.29, 0.717) is 17.2 Å². The minimum Gasteiger partial charge on any atom is -0.368 e. The van der Waals surface area contributed by atoms with Gasteiger partial charge in [-0.1, -0.05) is 12.8 Å². The molecule has 4 heterocycles. The van der Waals surface area contributed by atoms with Gasteiger partial charge in [0.25, 0.3) is 5.56 Å². The van der Waals surface area contributed by atoms with E-state index in [0.717, 1.165) is 57.2 Å². The van der Waals surface area contributed by atoms with Gasteiger partial charge in [0.05, 0.1) is 11.3 Å². The molecule has 1 saturated heterocycles. The maximum Gasteiger partial charge on any atom is 0.263 e. The smallest absolute Gasteiger partial charge is 0.263 e. The molecule has 9 heteroatoms. The van der Waals surface area contributed by atoms with E-state index in [1.807, 2.05) is 14.0 Å². The summed E-state index contributed by atoms with van der Waals surface area (Å²) in [7, 11) is 2.03. The second-order valence-corrected chi connectivity index (χ2v) is 9.51. The number of anilines is 1. The van der Waals surface area contributed by atoms with Crippen molar-refractivity contribution < 1.29 is 4.79 Å². The Morgan fingerprint density at radius 2 is 1.94 bits per heavy atom. The van der Waals surface area contributed by atoms with Crippen LogP contribution in [0, 0.1) is 6.92 Å². The van der Waals surface area contributed by atoms with Gasteiger partial charge in [0.1, 0.15) is 11.8 Å². The van der Waals surface area contributed by atoms with Crippen LogP contribution in [0.15, 0.2) is 35.0 Å². The maximum absolute atomic E-state index is 13.4. The maximum atomic E-state index is 13.4. The molecule has 2 N–H and O–H groups in total. The fourth-order valence-corrected chi connectivity index (χ4v) is 5.37. The number of nitrogens with zero attached hydrogens (tertiary/aromatic N) is 5. The SMILES string of the molecule is CC(=O)c1c(C)c2cnc(NC3C=CC(N4CCNCC4)=CN3C)nc2n(C2CCCC2)c1=O. The van der Waals surface area contributed by atoms with Crippen molar-refractivity contribution in [2.75, 3.05) is 38.5 Å². The molecule has 0 radical (unpaired) electrons. The van der Waals surface area contributed by atoms with E-state index in [-0.39, 0.29) is 29.1 Å². The summed E-state index contributed by atoms with van der Waals surface area (Å²) in [6, 6.07) is 0.0678. The zero-order valence-corrected chi connectivity index (χ0v) is 20.2. The molecular weight excluding hydrogens is 430 g/mol. The van der Waals surface area contributed by atoms with Crippen molar-refractivity contribution >= 4 is 22.8 Å². The van der Waals surface area contributed by atoms with Crippen LogP contribution >= 0.6 is 0 Å². The number of pyridine rings is 1. The Morgan fingerprint density at radius 3 is 2.62 bits per heavy atom. The number of Topliss-reactive ketones (excluding diaryl/α,β-unsaturated/α-hetero) is 1. The van der Waals surface area contributed by atoms with Gasteiger partial charge < -0.3 is 20.4 Å². The third-order valence-corrected chi connectivity index (χ3v) is 7.23. The summed E-state index contributed by atoms with van der Waals surface area (Å²) < 4.78 is 1.75. The van der Waals surface area contributed by atoms with Gasteiger partial charge in [-0.2, -0.15) is 4.98 Å². The first kappa shape index (κ1) is 22.6. The molecule has 5 rings (SSSR count). The molecule has 2 aromatic heterocycles. The van der Waals surface area contributed by atoms with Gasteiger partial charge in [-0.15, -0.1) is 0 Å². The highest BCUT2D eigenvalue weighted by atomic mass is 16.1. The summed E-state index contributed by atoms with van der Waals surface area (Å²) in [5.74, 6) is 0.258. The molecule has 180 valence electrons. The normalized spacial score (nSPS) is 21.3. The van der Waals surface area contributed by atoms with E-state index in [2.05, 4.69) is 43.8 Å². The summed E-state index contributed by atoms with van der Waals surface area (Å²) in [6.07, 6.45) is 12.0. The quantitative estimate of drug-likeness (QED) is 0.653. The molecule has 3 aliphatic rings. The van der Waals surface area contributed by atoms with Crippen LogP contribution in [0.1, 0.15) is 54.6 Å². The molecule has 2 aliphatic heterocycles. The van der Waals surface area contributed by atoms with Crippen LogP contribution in [0.3, 0.4) is 0 Å². The Balaban J connectivity index is 1.47. The first-order valence-corrected chi connectivity index (χ1v) is 12.2. The van der Waals surface area contributed by atoms with Crippen LogP contribution in [0.2, 0.25) is 0 Å². The van der Waals surface area contributed by atoms with Gasteiger partial charge in [0, 0.05) is 57.1 Å². The Labute approximate surface area is 199 Å². The Morgan fingerprint density at radius 1 is 1.21 bits per heavy atom. The molecule has 0 spiro atoms. The average Bonchev–Trinajstić information content (AvgIpc) is 3.35. The monoisotopic (exact) mass is 463 g/mol. The van der Waals surface area contributed by atoms with Gasteiger partial charge in [-0.25, -0.2) is 4.98 Å². The average molecular weight is 464 g/mol. The van der Waals surface area contributed by atoms with Gasteiger partial charge in [-0.3, -0.25) is 14.2 Å². The standard InChI is InChI=1S/C25H33N7O2/c1-16-20-14-27-25(28-21-9-8-19(15-30(21)3)31-12-10-26-11-13-31)29-23(20)32(18-6-4-5-7-18)24(34)22(16)17(2)33/h8-9,14-15,18,21,26H,4-7,10-13H2,1-3H3,(H,27,28,29). The van der Waals surface area contributed by atoms with Crippen LogP contribution in [-0.2, 0) is 0 Å². The van der Waals surface area contributed by atoms with E-state index in [9.17, 15) is 9.59 Å². The van der Waals surface area contributed by atoms with E-state index in [1.54, 1.807) is 10.8 Å². The molecule has 0 amide bonds. The number of aromatic nitrogens is 3. The Bertz CT molecular complexity index is 1220. The summed E-state index contributed by atoms with van der Waals surface area (Å²) in [4.78, 5) is 39.6. The molecule has 1 aliphatic carbocycles. The summed E-state index contributed by atoms with van der Waals surface area (Å²) >= 11 is 0. The number of allylic oxidation sites excluding steroid dienone is 1. The number of carbonyl (C=O) groups is 1. The lowest BCUT2D eigenvalue weighted by atomic mass is 10.0. The van der Waals surface area contributed by atoms with Crippen molar-refractivity contribution in [1.82, 2.24) is 29.7 Å². The molecular formula is C25H33N7O2. The highest BCUT2D eigenvalue weighted by molar-refractivity contribution is 5.99. The summed E-state index contributed by atoms with van der Waals surface area (Å²) in [5, 5.41) is 7.54. The number of ketones is 1. The Kier molecular flexibility index (Phi) is 6.12. The van der Waals surface area contributed by atoms with Crippen LogP contribution < -0.4 is 16.2 Å². The molecule has 2 fully saturated rings. The van der Waals surface area contributed by atoms with Crippen molar-refractivity contribution in [2.24, 2.45) is 0 Å². The lowest BCUT2D eigenvalue weighted by molar-refractivity contribution is 0.101. The topological polar surface area (TPSA) is 95.4 Å². The molecule has 0 bridgehead atoms. The predicted octanol–water partition coefficient (Wildman–Crippen LogP) is 2.40. The minimum atomic E-state index is -0.229. The van der Waals surface area contributed by atoms with E-state index < -0.39 is 0 Å². The number of rotatable bonds is 5. The number of hydrogen-bond acceptors (Lipinski definition) is 8. The first-order valence-electron chi connectivity index (χ1n) is 12.2. The number of aryl methyl sites for hydroxylation is 1. The van der Waals surface area contributed by atoms with E-state index in [4.69, 9.17) is 4.98 Å². The fourth-order valence-electron chi connectivity index (χ4n) is 5.37. The van der Waals surface area contributed by atoms with Crippen molar-refractivity contribution in [2.45, 2.75) is 51.7 Å². The lowest BCUT2D eigenvalue weighted by Gasteiger charge is -2.35. The largest absolute Gasteiger partial charge is 0.368 e. The number of piperazine rings is 1. The Hall–Kier alpha value is -3.20. The van der Waals surface area contributed by atoms with Crippen molar-refractivity contribution in [1.29, 1.82) is 0 Å². The third kappa shape index (κ3) is 4.09. The summed E-state index contributed by atoms with van der Waals surface area (Å²) in [6.45, 7) is 7.26. The number of fused-ring (bicyclic) bond motifs is 1. The second kappa shape index (κ2) is 9.21. The second-order valence-electron chi connectivity index (χ2n) is 9.51. The lowest BCUT2D eigenvalue weighted by Crippen LogP contribution is -2.44. The number of likely N-dealkylation sites (N-methyl/N-ethyl adjacent to an activating group) is 1. The zero-order chi connectivity index (χ0) is 23.8. The van der Waals surface area contributed by atoms with Crippen LogP contribution in [-0.4, -0.2) is 69.5 Å². The van der Waals surface area contributed by atoms with Crippen molar-refractivity contribution in [3.8, 4) is 0 Å². The number of nitrogens with one attached hydrogen (secondary N) is 2. The highest BCUT2D eigenvalue weighted by Crippen LogP contribution is 2.32. The molecule has 1 unspecified atom stereocenters. The number of hydrogen-bond donors (Lipinski definition) is 2. The molecule has 0 aromatic carbocycles. The van der Waals surface area contributed by atoms with Gasteiger partial charge in [0.15, 0.2) is 5.78 Å². The third-order valence-electron chi connectivity index (χ3n) is 7.23. The van der Waals surface area contributed by atoms with Crippen LogP contribution in [0.25, 0.3) is 11.0 Å². The van der Waals surface area contributed by atoms with E-state index >= 15 is 0 Å². The predicted molar refractivity (Wildman–Crippen MR) is 133 cm³/mol. The molecule has 9 nitrogen and oxygen atoms in total. The number of carbonyl (C=O) groups excluding carboxylic acids is 1. The van der Waals surface area contributed by atoms with Gasteiger partial charge in [0.2, 0.25) is 5.95 Å². The van der Waals surface area contributed by atoms with Gasteiger partial charge >= 0.3 is 0 Å². The minimum absolute atomic E-state index is 0.0678. The van der Waals surface area contributed by atoms with Crippen LogP contribution in [0.4, 0.5) is 5.95 Å². The molecule has 1 saturated carbocycles.